The smallest absolute Gasteiger partial charge is 0.321 e. The van der Waals surface area contributed by atoms with Gasteiger partial charge in [0.05, 0.1) is 25.4 Å². The second kappa shape index (κ2) is 23.6. The van der Waals surface area contributed by atoms with E-state index in [0.29, 0.717) is 49.9 Å². The Bertz CT molecular complexity index is 2030. The van der Waals surface area contributed by atoms with Crippen LogP contribution in [0.25, 0.3) is 0 Å². The van der Waals surface area contributed by atoms with Crippen LogP contribution < -0.4 is 0 Å². The first kappa shape index (κ1) is 57.3. The fourth-order valence-corrected chi connectivity index (χ4v) is 14.8. The van der Waals surface area contributed by atoms with Gasteiger partial charge in [0.1, 0.15) is 66.2 Å². The van der Waals surface area contributed by atoms with Crippen molar-refractivity contribution in [3.63, 3.8) is 0 Å². The van der Waals surface area contributed by atoms with Crippen LogP contribution in [-0.2, 0) is 80.9 Å². The second-order valence-corrected chi connectivity index (χ2v) is 23.0. The van der Waals surface area contributed by atoms with Crippen molar-refractivity contribution < 1.29 is 91.1 Å². The molecule has 4 heterocycles. The Balaban J connectivity index is 1.05. The summed E-state index contributed by atoms with van der Waals surface area (Å²) in [5, 5.41) is 21.4. The Labute approximate surface area is 449 Å². The number of esters is 5. The highest BCUT2D eigenvalue weighted by molar-refractivity contribution is 6.27. The summed E-state index contributed by atoms with van der Waals surface area (Å²) in [6, 6.07) is 0. The van der Waals surface area contributed by atoms with E-state index in [2.05, 4.69) is 27.7 Å². The van der Waals surface area contributed by atoms with Gasteiger partial charge in [-0.15, -0.1) is 58.0 Å². The van der Waals surface area contributed by atoms with Gasteiger partial charge in [-0.2, -0.15) is 0 Å². The fraction of sp³-hybridized carbons (Fsp3) is 0.878. The zero-order valence-corrected chi connectivity index (χ0v) is 45.0. The second-order valence-electron chi connectivity index (χ2n) is 21.7. The Kier molecular flexibility index (Phi) is 18.6. The van der Waals surface area contributed by atoms with Crippen LogP contribution in [0.5, 0.6) is 0 Å². The number of aliphatic hydroxyl groups excluding tert-OH is 2. The van der Waals surface area contributed by atoms with Gasteiger partial charge in [-0.3, -0.25) is 28.8 Å². The van der Waals surface area contributed by atoms with E-state index in [4.69, 9.17) is 110 Å². The maximum Gasteiger partial charge on any atom is 0.321 e. The van der Waals surface area contributed by atoms with E-state index in [1.807, 2.05) is 0 Å². The summed E-state index contributed by atoms with van der Waals surface area (Å²) >= 11 is 29.3. The highest BCUT2D eigenvalue weighted by atomic mass is 35.5. The number of Topliss-reactive ketones (excluding diaryl/α,β-unsaturated/α-hetero) is 1. The quantitative estimate of drug-likeness (QED) is 0.0930. The highest BCUT2D eigenvalue weighted by Gasteiger charge is 2.71. The molecular formula is C49H67Cl5O19. The van der Waals surface area contributed by atoms with E-state index in [1.165, 1.54) is 0 Å². The predicted molar refractivity (Wildman–Crippen MR) is 256 cm³/mol. The summed E-state index contributed by atoms with van der Waals surface area (Å²) in [4.78, 5) is 79.2. The number of ether oxygens (including phenoxy) is 11. The molecule has 0 aromatic heterocycles. The predicted octanol–water partition coefficient (Wildman–Crippen LogP) is 4.57. The third kappa shape index (κ3) is 11.3. The van der Waals surface area contributed by atoms with Crippen LogP contribution in [0.3, 0.4) is 0 Å². The largest absolute Gasteiger partial charge is 0.462 e. The van der Waals surface area contributed by atoms with E-state index in [9.17, 15) is 39.0 Å². The normalized spacial score (nSPS) is 45.0. The zero-order valence-electron chi connectivity index (χ0n) is 41.2. The molecule has 24 heteroatoms. The Morgan fingerprint density at radius 2 is 1.27 bits per heavy atom. The van der Waals surface area contributed by atoms with E-state index in [1.54, 1.807) is 0 Å². The molecule has 0 aromatic carbocycles. The molecule has 0 bridgehead atoms. The van der Waals surface area contributed by atoms with Gasteiger partial charge in [0.2, 0.25) is 0 Å². The van der Waals surface area contributed by atoms with Crippen LogP contribution in [0.15, 0.2) is 0 Å². The van der Waals surface area contributed by atoms with Crippen molar-refractivity contribution in [1.29, 1.82) is 0 Å². The van der Waals surface area contributed by atoms with Crippen LogP contribution in [0.4, 0.5) is 0 Å². The standard InChI is InChI=1S/C49H67Cl5O19/c1-22-7-10-49(64-20-22)23(2)37-29(73-49)12-27-26-6-5-24-11-25(8-9-47(24,3)38(26)28(56)13-48(27,37)4)65-45-44(71-36(61)18-54)42(69-34(59)16-52)40(31(67-45)21-63-32(57)14-50)72-46-43(70-35(60)17-53)41(68-33(58)15-51)39(62)30(19-55)66-46/h22-27,29-31,37-46,55,62H,5-21H2,1-4H3/t22-,23?,24+,25+,26+,27+,29?,30-,31-,37?,38-,39-,40-,41+,42+,43-,44-,45-,46+,47+,48+,49-/m1/s1. The summed E-state index contributed by atoms with van der Waals surface area (Å²) in [6.45, 7) is 8.14. The number of halogens is 5. The maximum absolute atomic E-state index is 14.8. The van der Waals surface area contributed by atoms with E-state index < -0.39 is 146 Å². The van der Waals surface area contributed by atoms with Gasteiger partial charge in [-0.25, -0.2) is 0 Å². The van der Waals surface area contributed by atoms with Crippen molar-refractivity contribution in [3.05, 3.63) is 0 Å². The van der Waals surface area contributed by atoms with Crippen LogP contribution in [0, 0.1) is 52.3 Å². The number of carbonyl (C=O) groups excluding carboxylic acids is 6. The Morgan fingerprint density at radius 1 is 0.685 bits per heavy atom. The average molecular weight is 1140 g/mol. The molecule has 2 N–H and O–H groups in total. The minimum absolute atomic E-state index is 0.0314. The number of carbonyl (C=O) groups is 6. The molecule has 8 aliphatic rings. The lowest BCUT2D eigenvalue weighted by atomic mass is 9.44. The highest BCUT2D eigenvalue weighted by Crippen LogP contribution is 2.70. The van der Waals surface area contributed by atoms with Crippen molar-refractivity contribution in [2.75, 3.05) is 49.2 Å². The van der Waals surface area contributed by atoms with E-state index in [-0.39, 0.29) is 46.5 Å². The van der Waals surface area contributed by atoms with Crippen molar-refractivity contribution in [1.82, 2.24) is 0 Å². The molecule has 1 spiro atoms. The van der Waals surface area contributed by atoms with E-state index >= 15 is 0 Å². The number of ketones is 1. The number of alkyl halides is 5. The van der Waals surface area contributed by atoms with Gasteiger partial charge in [-0.05, 0) is 85.4 Å². The van der Waals surface area contributed by atoms with Crippen LogP contribution in [0.2, 0.25) is 0 Å². The Morgan fingerprint density at radius 3 is 1.88 bits per heavy atom. The Hall–Kier alpha value is -1.85. The summed E-state index contributed by atoms with van der Waals surface area (Å²) in [6.07, 6.45) is -11.2. The van der Waals surface area contributed by atoms with Gasteiger partial charge < -0.3 is 62.3 Å². The number of hydrogen-bond donors (Lipinski definition) is 2. The first-order chi connectivity index (χ1) is 34.8. The average Bonchev–Trinajstić information content (AvgIpc) is 3.82. The van der Waals surface area contributed by atoms with Gasteiger partial charge in [0.15, 0.2) is 42.8 Å². The molecule has 0 aromatic rings. The van der Waals surface area contributed by atoms with Gasteiger partial charge in [0.25, 0.3) is 0 Å². The molecule has 4 saturated heterocycles. The minimum atomic E-state index is -1.92. The van der Waals surface area contributed by atoms with Crippen molar-refractivity contribution in [2.24, 2.45) is 52.3 Å². The van der Waals surface area contributed by atoms with Crippen molar-refractivity contribution in [2.45, 2.75) is 165 Å². The molecule has 0 radical (unpaired) electrons. The number of rotatable bonds is 16. The minimum Gasteiger partial charge on any atom is -0.462 e. The molecule has 19 nitrogen and oxygen atoms in total. The molecule has 73 heavy (non-hydrogen) atoms. The lowest BCUT2D eigenvalue weighted by Crippen LogP contribution is -2.67. The number of fused-ring (bicyclic) bond motifs is 7. The van der Waals surface area contributed by atoms with Gasteiger partial charge >= 0.3 is 29.8 Å². The van der Waals surface area contributed by atoms with Crippen LogP contribution in [-0.4, -0.2) is 174 Å². The lowest BCUT2D eigenvalue weighted by Gasteiger charge is -2.60. The third-order valence-electron chi connectivity index (χ3n) is 17.6. The molecule has 8 rings (SSSR count). The van der Waals surface area contributed by atoms with E-state index in [0.717, 1.165) is 32.1 Å². The summed E-state index contributed by atoms with van der Waals surface area (Å²) in [5.41, 5.74) is -0.573. The van der Waals surface area contributed by atoms with Crippen molar-refractivity contribution in [3.8, 4) is 0 Å². The molecule has 8 fully saturated rings. The molecular weight excluding hydrogens is 1070 g/mol. The van der Waals surface area contributed by atoms with Gasteiger partial charge in [-0.1, -0.05) is 27.7 Å². The first-order valence-corrected chi connectivity index (χ1v) is 27.9. The third-order valence-corrected chi connectivity index (χ3v) is 18.7. The van der Waals surface area contributed by atoms with Crippen LogP contribution >= 0.6 is 58.0 Å². The maximum atomic E-state index is 14.8. The van der Waals surface area contributed by atoms with Gasteiger partial charge in [0, 0.05) is 24.7 Å². The zero-order chi connectivity index (χ0) is 52.7. The summed E-state index contributed by atoms with van der Waals surface area (Å²) < 4.78 is 67.0. The molecule has 3 unspecified atom stereocenters. The summed E-state index contributed by atoms with van der Waals surface area (Å²) in [5.74, 6) is -7.54. The number of aliphatic hydroxyl groups is 2. The molecule has 4 aliphatic carbocycles. The first-order valence-electron chi connectivity index (χ1n) is 25.3. The topological polar surface area (TPSA) is 244 Å². The molecule has 22 atom stereocenters. The SMILES string of the molecule is CC1C2C(C[C@H]3[C@@H]4CC[C@H]5C[C@@H](O[C@@H]6O[C@H](COC(=O)CCl)[C@@H](O[C@@H]7O[C@H](CO)[C@@H](O)[C@H](OC(=O)CCl)[C@H]7OC(=O)CCl)[C@H](OC(=O)CCl)[C@H]6OC(=O)CCl)CC[C@]5(C)[C@H]4C(=O)C[C@]23C)O[C@]12CC[C@@H](C)CO2. The van der Waals surface area contributed by atoms with Crippen LogP contribution in [0.1, 0.15) is 85.5 Å². The molecule has 4 saturated carbocycles. The molecule has 4 aliphatic heterocycles. The number of hydrogen-bond acceptors (Lipinski definition) is 19. The van der Waals surface area contributed by atoms with Crippen molar-refractivity contribution >= 4 is 93.6 Å². The fourth-order valence-electron chi connectivity index (χ4n) is 14.4. The lowest BCUT2D eigenvalue weighted by molar-refractivity contribution is -0.365. The summed E-state index contributed by atoms with van der Waals surface area (Å²) in [7, 11) is 0. The molecule has 412 valence electrons. The monoisotopic (exact) mass is 1130 g/mol. The molecule has 0 amide bonds.